The molecule has 0 bridgehead atoms. The lowest BCUT2D eigenvalue weighted by atomic mass is 10.2. The average molecular weight is 323 g/mol. The minimum absolute atomic E-state index is 0.442. The van der Waals surface area contributed by atoms with E-state index in [0.29, 0.717) is 17.4 Å². The van der Waals surface area contributed by atoms with Crippen molar-refractivity contribution >= 4 is 33.0 Å². The number of anilines is 1. The highest BCUT2D eigenvalue weighted by Crippen LogP contribution is 2.28. The van der Waals surface area contributed by atoms with Gasteiger partial charge in [-0.3, -0.25) is 4.98 Å². The van der Waals surface area contributed by atoms with E-state index in [1.807, 2.05) is 12.1 Å². The molecule has 1 aromatic carbocycles. The summed E-state index contributed by atoms with van der Waals surface area (Å²) < 4.78 is 6.06. The lowest BCUT2D eigenvalue weighted by Gasteiger charge is -1.99. The summed E-state index contributed by atoms with van der Waals surface area (Å²) >= 11 is 4.80. The topological polar surface area (TPSA) is 77.8 Å². The van der Waals surface area contributed by atoms with E-state index >= 15 is 0 Å². The van der Waals surface area contributed by atoms with Gasteiger partial charge in [-0.1, -0.05) is 5.16 Å². The second-order valence-corrected chi connectivity index (χ2v) is 5.27. The van der Waals surface area contributed by atoms with Crippen LogP contribution in [0.1, 0.15) is 0 Å². The summed E-state index contributed by atoms with van der Waals surface area (Å²) in [6, 6.07) is 5.50. The largest absolute Gasteiger partial charge is 0.398 e. The zero-order valence-electron chi connectivity index (χ0n) is 9.00. The molecule has 0 saturated heterocycles. The number of nitrogens with zero attached hydrogens (tertiary/aromatic N) is 3. The van der Waals surface area contributed by atoms with Crippen LogP contribution in [0.2, 0.25) is 0 Å². The van der Waals surface area contributed by atoms with Gasteiger partial charge in [-0.15, -0.1) is 11.3 Å². The van der Waals surface area contributed by atoms with Gasteiger partial charge in [-0.25, -0.2) is 0 Å². The Bertz CT molecular complexity index is 680. The van der Waals surface area contributed by atoms with Crippen molar-refractivity contribution in [3.8, 4) is 22.2 Å². The molecule has 0 aliphatic carbocycles. The normalized spacial score (nSPS) is 10.7. The van der Waals surface area contributed by atoms with Crippen molar-refractivity contribution in [2.45, 2.75) is 0 Å². The number of hydrogen-bond donors (Lipinski definition) is 1. The predicted octanol–water partition coefficient (Wildman–Crippen LogP) is 3.20. The quantitative estimate of drug-likeness (QED) is 0.733. The van der Waals surface area contributed by atoms with Crippen LogP contribution in [0.3, 0.4) is 0 Å². The number of hydrogen-bond acceptors (Lipinski definition) is 6. The monoisotopic (exact) mass is 322 g/mol. The first-order valence-corrected chi connectivity index (χ1v) is 6.69. The highest BCUT2D eigenvalue weighted by atomic mass is 79.9. The number of thiazole rings is 1. The van der Waals surface area contributed by atoms with Gasteiger partial charge in [0.15, 0.2) is 0 Å². The summed E-state index contributed by atoms with van der Waals surface area (Å²) in [5, 5.41) is 3.92. The molecule has 2 aromatic heterocycles. The van der Waals surface area contributed by atoms with E-state index in [0.717, 1.165) is 14.9 Å². The molecule has 2 heterocycles. The van der Waals surface area contributed by atoms with Crippen LogP contribution >= 0.6 is 27.3 Å². The zero-order chi connectivity index (χ0) is 12.5. The minimum atomic E-state index is 0.442. The number of halogens is 1. The van der Waals surface area contributed by atoms with E-state index in [4.69, 9.17) is 10.3 Å². The van der Waals surface area contributed by atoms with Gasteiger partial charge < -0.3 is 10.3 Å². The predicted molar refractivity (Wildman–Crippen MR) is 73.0 cm³/mol. The molecule has 0 aliphatic rings. The third-order valence-electron chi connectivity index (χ3n) is 2.32. The number of nitrogens with two attached hydrogens (primary N) is 1. The lowest BCUT2D eigenvalue weighted by molar-refractivity contribution is 0.432. The Balaban J connectivity index is 2.00. The van der Waals surface area contributed by atoms with Crippen LogP contribution in [0, 0.1) is 0 Å². The van der Waals surface area contributed by atoms with E-state index in [1.165, 1.54) is 11.3 Å². The van der Waals surface area contributed by atoms with Gasteiger partial charge in [0, 0.05) is 21.9 Å². The van der Waals surface area contributed by atoms with Crippen molar-refractivity contribution in [3.63, 3.8) is 0 Å². The molecule has 0 amide bonds. The van der Waals surface area contributed by atoms with Crippen molar-refractivity contribution in [1.29, 1.82) is 0 Å². The summed E-state index contributed by atoms with van der Waals surface area (Å²) in [5.74, 6) is 0.978. The molecule has 0 spiro atoms. The first kappa shape index (κ1) is 11.4. The van der Waals surface area contributed by atoms with Crippen LogP contribution < -0.4 is 5.73 Å². The second-order valence-electron chi connectivity index (χ2n) is 3.53. The molecule has 18 heavy (non-hydrogen) atoms. The molecule has 0 radical (unpaired) electrons. The molecule has 0 saturated carbocycles. The molecule has 0 unspecified atom stereocenters. The Kier molecular flexibility index (Phi) is 2.85. The molecule has 7 heteroatoms. The molecule has 0 aliphatic heterocycles. The summed E-state index contributed by atoms with van der Waals surface area (Å²) in [5.41, 5.74) is 8.96. The first-order valence-electron chi connectivity index (χ1n) is 5.02. The smallest absolute Gasteiger partial charge is 0.258 e. The number of benzene rings is 1. The van der Waals surface area contributed by atoms with Gasteiger partial charge >= 0.3 is 0 Å². The van der Waals surface area contributed by atoms with Crippen LogP contribution in [0.4, 0.5) is 5.69 Å². The maximum Gasteiger partial charge on any atom is 0.258 e. The summed E-state index contributed by atoms with van der Waals surface area (Å²) in [4.78, 5) is 9.16. The Morgan fingerprint density at radius 2 is 2.22 bits per heavy atom. The average Bonchev–Trinajstić information content (AvgIpc) is 3.01. The van der Waals surface area contributed by atoms with Crippen molar-refractivity contribution in [2.75, 3.05) is 5.73 Å². The molecular formula is C11H7BrN4OS. The number of nitrogen functional groups attached to an aromatic ring is 1. The van der Waals surface area contributed by atoms with Gasteiger partial charge in [0.2, 0.25) is 5.82 Å². The number of aromatic nitrogens is 3. The van der Waals surface area contributed by atoms with E-state index < -0.39 is 0 Å². The molecule has 0 fully saturated rings. The zero-order valence-corrected chi connectivity index (χ0v) is 11.4. The Hall–Kier alpha value is -1.73. The molecule has 0 atom stereocenters. The Morgan fingerprint density at radius 1 is 1.33 bits per heavy atom. The molecule has 90 valence electrons. The van der Waals surface area contributed by atoms with Crippen molar-refractivity contribution in [1.82, 2.24) is 15.1 Å². The number of rotatable bonds is 2. The summed E-state index contributed by atoms with van der Waals surface area (Å²) in [7, 11) is 0. The van der Waals surface area contributed by atoms with Gasteiger partial charge in [-0.05, 0) is 34.1 Å². The SMILES string of the molecule is Nc1cc(-c2nc(-c3cncs3)no2)ccc1Br. The summed E-state index contributed by atoms with van der Waals surface area (Å²) in [6.45, 7) is 0. The van der Waals surface area contributed by atoms with Crippen LogP contribution in [-0.4, -0.2) is 15.1 Å². The maximum absolute atomic E-state index is 5.81. The van der Waals surface area contributed by atoms with E-state index in [2.05, 4.69) is 31.1 Å². The van der Waals surface area contributed by atoms with Crippen molar-refractivity contribution < 1.29 is 4.52 Å². The fourth-order valence-electron chi connectivity index (χ4n) is 1.44. The van der Waals surface area contributed by atoms with Crippen LogP contribution in [-0.2, 0) is 0 Å². The molecule has 3 rings (SSSR count). The minimum Gasteiger partial charge on any atom is -0.398 e. The van der Waals surface area contributed by atoms with Gasteiger partial charge in [0.25, 0.3) is 5.89 Å². The van der Waals surface area contributed by atoms with Crippen LogP contribution in [0.5, 0.6) is 0 Å². The van der Waals surface area contributed by atoms with E-state index in [1.54, 1.807) is 17.8 Å². The van der Waals surface area contributed by atoms with Gasteiger partial charge in [-0.2, -0.15) is 4.98 Å². The molecular weight excluding hydrogens is 316 g/mol. The van der Waals surface area contributed by atoms with Crippen molar-refractivity contribution in [2.24, 2.45) is 0 Å². The standard InChI is InChI=1S/C11H7BrN4OS/c12-7-2-1-6(3-8(7)13)11-15-10(16-17-11)9-4-14-5-18-9/h1-5H,13H2. The first-order chi connectivity index (χ1) is 8.74. The highest BCUT2D eigenvalue weighted by Gasteiger charge is 2.12. The maximum atomic E-state index is 5.81. The Morgan fingerprint density at radius 3 is 2.94 bits per heavy atom. The van der Waals surface area contributed by atoms with Crippen molar-refractivity contribution in [3.05, 3.63) is 34.4 Å². The Labute approximate surface area is 115 Å². The summed E-state index contributed by atoms with van der Waals surface area (Å²) in [6.07, 6.45) is 1.70. The fourth-order valence-corrected chi connectivity index (χ4v) is 2.24. The highest BCUT2D eigenvalue weighted by molar-refractivity contribution is 9.10. The second kappa shape index (κ2) is 4.51. The lowest BCUT2D eigenvalue weighted by Crippen LogP contribution is -1.87. The fraction of sp³-hybridized carbons (Fsp3) is 0. The van der Waals surface area contributed by atoms with E-state index in [9.17, 15) is 0 Å². The third kappa shape index (κ3) is 2.02. The van der Waals surface area contributed by atoms with Gasteiger partial charge in [0.1, 0.15) is 0 Å². The van der Waals surface area contributed by atoms with Crippen LogP contribution in [0.15, 0.2) is 38.9 Å². The molecule has 2 N–H and O–H groups in total. The molecule has 3 aromatic rings. The van der Waals surface area contributed by atoms with E-state index in [-0.39, 0.29) is 0 Å². The molecule has 5 nitrogen and oxygen atoms in total. The third-order valence-corrected chi connectivity index (χ3v) is 3.81. The van der Waals surface area contributed by atoms with Crippen LogP contribution in [0.25, 0.3) is 22.2 Å². The van der Waals surface area contributed by atoms with Gasteiger partial charge in [0.05, 0.1) is 10.4 Å².